The Morgan fingerprint density at radius 2 is 2.00 bits per heavy atom. The predicted octanol–water partition coefficient (Wildman–Crippen LogP) is 1.33. The maximum atomic E-state index is 12.6. The summed E-state index contributed by atoms with van der Waals surface area (Å²) in [6.45, 7) is 5.54. The lowest BCUT2D eigenvalue weighted by molar-refractivity contribution is 0.217. The summed E-state index contributed by atoms with van der Waals surface area (Å²) in [6, 6.07) is 3.89. The SMILES string of the molecule is CN(C)CCN1CCN(n2c(=O)sc3ccc(I)c(C=C=O)c32)CC1. The van der Waals surface area contributed by atoms with Gasteiger partial charge in [0.25, 0.3) is 0 Å². The Morgan fingerprint density at radius 1 is 1.28 bits per heavy atom. The minimum Gasteiger partial charge on any atom is -0.308 e. The van der Waals surface area contributed by atoms with Crippen molar-refractivity contribution >= 4 is 56.2 Å². The first-order chi connectivity index (χ1) is 12.0. The van der Waals surface area contributed by atoms with Crippen LogP contribution in [0.4, 0.5) is 0 Å². The summed E-state index contributed by atoms with van der Waals surface area (Å²) in [6.07, 6.45) is 1.43. The average molecular weight is 472 g/mol. The summed E-state index contributed by atoms with van der Waals surface area (Å²) in [5, 5.41) is 2.10. The van der Waals surface area contributed by atoms with Crippen LogP contribution < -0.4 is 9.88 Å². The Balaban J connectivity index is 1.90. The summed E-state index contributed by atoms with van der Waals surface area (Å²) >= 11 is 3.43. The highest BCUT2D eigenvalue weighted by atomic mass is 127. The van der Waals surface area contributed by atoms with Gasteiger partial charge in [-0.3, -0.25) is 9.69 Å². The molecule has 0 N–H and O–H groups in total. The lowest BCUT2D eigenvalue weighted by Gasteiger charge is -2.36. The number of hydrogen-bond acceptors (Lipinski definition) is 6. The normalized spacial score (nSPS) is 15.8. The number of aromatic nitrogens is 1. The summed E-state index contributed by atoms with van der Waals surface area (Å²) in [7, 11) is 4.16. The summed E-state index contributed by atoms with van der Waals surface area (Å²) < 4.78 is 3.61. The zero-order chi connectivity index (χ0) is 18.0. The number of benzene rings is 1. The molecule has 0 radical (unpaired) electrons. The fourth-order valence-corrected chi connectivity index (χ4v) is 4.55. The van der Waals surface area contributed by atoms with Crippen LogP contribution in [0.25, 0.3) is 16.3 Å². The molecule has 2 aromatic rings. The Labute approximate surface area is 164 Å². The molecule has 3 rings (SSSR count). The molecular formula is C17H21IN4O2S. The van der Waals surface area contributed by atoms with Crippen molar-refractivity contribution in [3.8, 4) is 0 Å². The predicted molar refractivity (Wildman–Crippen MR) is 112 cm³/mol. The number of likely N-dealkylation sites (N-methyl/N-ethyl adjacent to an activating group) is 1. The van der Waals surface area contributed by atoms with Crippen LogP contribution >= 0.6 is 33.9 Å². The van der Waals surface area contributed by atoms with Gasteiger partial charge in [0.1, 0.15) is 5.94 Å². The van der Waals surface area contributed by atoms with Crippen molar-refractivity contribution in [3.05, 3.63) is 30.9 Å². The Bertz CT molecular complexity index is 861. The second-order valence-corrected chi connectivity index (χ2v) is 8.50. The molecule has 1 saturated heterocycles. The van der Waals surface area contributed by atoms with Crippen LogP contribution in [0.5, 0.6) is 0 Å². The molecule has 25 heavy (non-hydrogen) atoms. The minimum atomic E-state index is -0.000657. The quantitative estimate of drug-likeness (QED) is 0.486. The number of fused-ring (bicyclic) bond motifs is 1. The zero-order valence-corrected chi connectivity index (χ0v) is 17.3. The van der Waals surface area contributed by atoms with Crippen molar-refractivity contribution in [1.29, 1.82) is 0 Å². The third kappa shape index (κ3) is 3.98. The number of piperazine rings is 1. The number of nitrogens with zero attached hydrogens (tertiary/aromatic N) is 4. The monoisotopic (exact) mass is 472 g/mol. The van der Waals surface area contributed by atoms with Gasteiger partial charge in [0.05, 0.1) is 10.2 Å². The summed E-state index contributed by atoms with van der Waals surface area (Å²) in [5.74, 6) is 1.87. The number of halogens is 1. The zero-order valence-electron chi connectivity index (χ0n) is 14.4. The summed E-state index contributed by atoms with van der Waals surface area (Å²) in [5.41, 5.74) is 1.61. The van der Waals surface area contributed by atoms with Crippen molar-refractivity contribution in [1.82, 2.24) is 14.5 Å². The molecule has 1 aliphatic rings. The van der Waals surface area contributed by atoms with Gasteiger partial charge in [0.15, 0.2) is 0 Å². The van der Waals surface area contributed by atoms with Gasteiger partial charge >= 0.3 is 4.87 Å². The van der Waals surface area contributed by atoms with E-state index in [9.17, 15) is 9.59 Å². The molecule has 0 aliphatic carbocycles. The highest BCUT2D eigenvalue weighted by molar-refractivity contribution is 14.1. The molecule has 0 spiro atoms. The van der Waals surface area contributed by atoms with Gasteiger partial charge in [-0.1, -0.05) is 11.3 Å². The molecule has 134 valence electrons. The van der Waals surface area contributed by atoms with E-state index in [4.69, 9.17) is 0 Å². The molecule has 1 fully saturated rings. The van der Waals surface area contributed by atoms with Gasteiger partial charge in [0.2, 0.25) is 0 Å². The van der Waals surface area contributed by atoms with Crippen LogP contribution in [0, 0.1) is 3.57 Å². The number of hydrogen-bond donors (Lipinski definition) is 0. The summed E-state index contributed by atoms with van der Waals surface area (Å²) in [4.78, 5) is 28.2. The minimum absolute atomic E-state index is 0.000657. The molecule has 0 atom stereocenters. The van der Waals surface area contributed by atoms with E-state index < -0.39 is 0 Å². The van der Waals surface area contributed by atoms with Gasteiger partial charge in [-0.2, -0.15) is 0 Å². The lowest BCUT2D eigenvalue weighted by atomic mass is 10.2. The lowest BCUT2D eigenvalue weighted by Crippen LogP contribution is -2.54. The second kappa shape index (κ2) is 8.01. The van der Waals surface area contributed by atoms with E-state index in [0.717, 1.165) is 58.6 Å². The Kier molecular flexibility index (Phi) is 5.96. The fraction of sp³-hybridized carbons (Fsp3) is 0.471. The molecule has 0 bridgehead atoms. The van der Waals surface area contributed by atoms with Crippen molar-refractivity contribution in [2.24, 2.45) is 0 Å². The maximum Gasteiger partial charge on any atom is 0.326 e. The van der Waals surface area contributed by atoms with E-state index in [0.29, 0.717) is 0 Å². The number of thiazole rings is 1. The Morgan fingerprint density at radius 3 is 2.64 bits per heavy atom. The third-order valence-electron chi connectivity index (χ3n) is 4.41. The molecule has 8 heteroatoms. The van der Waals surface area contributed by atoms with Crippen molar-refractivity contribution in [3.63, 3.8) is 0 Å². The average Bonchev–Trinajstić information content (AvgIpc) is 2.92. The smallest absolute Gasteiger partial charge is 0.308 e. The molecule has 1 aromatic carbocycles. The highest BCUT2D eigenvalue weighted by Crippen LogP contribution is 2.27. The van der Waals surface area contributed by atoms with Crippen LogP contribution in [0.1, 0.15) is 5.56 Å². The highest BCUT2D eigenvalue weighted by Gasteiger charge is 2.22. The van der Waals surface area contributed by atoms with E-state index in [1.807, 2.05) is 18.1 Å². The van der Waals surface area contributed by atoms with Crippen molar-refractivity contribution in [2.45, 2.75) is 0 Å². The molecule has 0 unspecified atom stereocenters. The maximum absolute atomic E-state index is 12.6. The third-order valence-corrected chi connectivity index (χ3v) is 6.24. The van der Waals surface area contributed by atoms with Crippen molar-refractivity contribution in [2.75, 3.05) is 58.4 Å². The molecule has 1 aliphatic heterocycles. The standard InChI is InChI=1S/C17H21IN4O2S/c1-19(2)6-7-20-8-10-21(11-9-20)22-16-13(5-12-23)14(18)3-4-15(16)25-17(22)24/h3-5H,6-11H2,1-2H3. The van der Waals surface area contributed by atoms with E-state index >= 15 is 0 Å². The van der Waals surface area contributed by atoms with E-state index in [-0.39, 0.29) is 4.87 Å². The van der Waals surface area contributed by atoms with E-state index in [2.05, 4.69) is 51.5 Å². The van der Waals surface area contributed by atoms with Gasteiger partial charge in [0, 0.05) is 54.5 Å². The molecule has 0 saturated carbocycles. The van der Waals surface area contributed by atoms with Crippen LogP contribution in [-0.4, -0.2) is 73.8 Å². The fourth-order valence-electron chi connectivity index (χ4n) is 3.05. The largest absolute Gasteiger partial charge is 0.326 e. The molecule has 1 aromatic heterocycles. The molecule has 2 heterocycles. The molecule has 0 amide bonds. The first kappa shape index (κ1) is 18.6. The van der Waals surface area contributed by atoms with Gasteiger partial charge < -0.3 is 9.91 Å². The first-order valence-electron chi connectivity index (χ1n) is 8.18. The van der Waals surface area contributed by atoms with Gasteiger partial charge in [-0.15, -0.1) is 0 Å². The van der Waals surface area contributed by atoms with Crippen LogP contribution in [-0.2, 0) is 4.79 Å². The second-order valence-electron chi connectivity index (χ2n) is 6.35. The number of carbonyl (C=O) groups excluding carboxylic acids is 1. The van der Waals surface area contributed by atoms with Gasteiger partial charge in [-0.25, -0.2) is 9.47 Å². The van der Waals surface area contributed by atoms with Crippen LogP contribution in [0.3, 0.4) is 0 Å². The first-order valence-corrected chi connectivity index (χ1v) is 10.1. The van der Waals surface area contributed by atoms with Crippen molar-refractivity contribution < 1.29 is 4.79 Å². The topological polar surface area (TPSA) is 48.8 Å². The van der Waals surface area contributed by atoms with E-state index in [1.54, 1.807) is 4.68 Å². The number of rotatable bonds is 5. The van der Waals surface area contributed by atoms with Crippen LogP contribution in [0.2, 0.25) is 0 Å². The van der Waals surface area contributed by atoms with Crippen LogP contribution in [0.15, 0.2) is 16.9 Å². The Hall–Kier alpha value is -1.19. The molecule has 6 nitrogen and oxygen atoms in total. The van der Waals surface area contributed by atoms with Gasteiger partial charge in [-0.05, 0) is 48.8 Å². The van der Waals surface area contributed by atoms with E-state index in [1.165, 1.54) is 17.4 Å². The molecular weight excluding hydrogens is 451 g/mol.